The second-order valence-corrected chi connectivity index (χ2v) is 5.95. The highest BCUT2D eigenvalue weighted by atomic mass is 16.7. The van der Waals surface area contributed by atoms with Crippen molar-refractivity contribution in [2.45, 2.75) is 12.5 Å². The van der Waals surface area contributed by atoms with E-state index in [1.165, 1.54) is 7.11 Å². The Balaban J connectivity index is 1.46. The Labute approximate surface area is 150 Å². The van der Waals surface area contributed by atoms with Crippen LogP contribution in [0.4, 0.5) is 10.5 Å². The van der Waals surface area contributed by atoms with E-state index in [2.05, 4.69) is 5.16 Å². The fourth-order valence-corrected chi connectivity index (χ4v) is 2.98. The molecule has 0 saturated heterocycles. The van der Waals surface area contributed by atoms with Gasteiger partial charge in [-0.1, -0.05) is 23.4 Å². The van der Waals surface area contributed by atoms with Gasteiger partial charge in [0.15, 0.2) is 17.6 Å². The molecule has 7 nitrogen and oxygen atoms in total. The van der Waals surface area contributed by atoms with Crippen LogP contribution in [0.5, 0.6) is 11.5 Å². The van der Waals surface area contributed by atoms with Crippen molar-refractivity contribution in [3.8, 4) is 11.5 Å². The number of carbonyl (C=O) groups excluding carboxylic acids is 1. The first-order chi connectivity index (χ1) is 12.7. The second-order valence-electron chi connectivity index (χ2n) is 5.95. The van der Waals surface area contributed by atoms with Crippen LogP contribution in [0.15, 0.2) is 53.7 Å². The Bertz CT molecular complexity index is 837. The summed E-state index contributed by atoms with van der Waals surface area (Å²) in [6.45, 7) is 0.573. The van der Waals surface area contributed by atoms with Crippen molar-refractivity contribution >= 4 is 17.5 Å². The topological polar surface area (TPSA) is 69.6 Å². The molecule has 0 aliphatic carbocycles. The highest BCUT2D eigenvalue weighted by molar-refractivity contribution is 6.02. The molecule has 0 fully saturated rings. The van der Waals surface area contributed by atoms with Gasteiger partial charge in [0.25, 0.3) is 0 Å². The number of hydrogen-bond acceptors (Lipinski definition) is 6. The number of carbonyl (C=O) groups is 1. The Kier molecular flexibility index (Phi) is 4.35. The fourth-order valence-electron chi connectivity index (χ4n) is 2.98. The summed E-state index contributed by atoms with van der Waals surface area (Å²) in [5, 5.41) is 4.19. The molecule has 0 bridgehead atoms. The van der Waals surface area contributed by atoms with E-state index in [0.717, 1.165) is 22.7 Å². The quantitative estimate of drug-likeness (QED) is 0.843. The number of para-hydroxylation sites is 1. The minimum absolute atomic E-state index is 0.232. The maximum Gasteiger partial charge on any atom is 0.414 e. The van der Waals surface area contributed by atoms with Crippen LogP contribution in [0, 0.1) is 0 Å². The summed E-state index contributed by atoms with van der Waals surface area (Å²) in [5.41, 5.74) is 2.48. The number of oxime groups is 1. The fraction of sp³-hybridized carbons (Fsp3) is 0.263. The van der Waals surface area contributed by atoms with Crippen molar-refractivity contribution in [3.63, 3.8) is 0 Å². The van der Waals surface area contributed by atoms with Gasteiger partial charge in [0.1, 0.15) is 0 Å². The first-order valence-corrected chi connectivity index (χ1v) is 8.28. The molecule has 2 aromatic rings. The van der Waals surface area contributed by atoms with Gasteiger partial charge in [0.05, 0.1) is 19.4 Å². The van der Waals surface area contributed by atoms with E-state index in [1.807, 2.05) is 48.5 Å². The van der Waals surface area contributed by atoms with Crippen LogP contribution in [0.1, 0.15) is 12.0 Å². The number of benzene rings is 2. The SMILES string of the molecule is COC(=O)N(CC1CC(c2ccc3c(c2)OCO3)=NO1)c1ccccc1. The predicted molar refractivity (Wildman–Crippen MR) is 94.8 cm³/mol. The van der Waals surface area contributed by atoms with Crippen LogP contribution < -0.4 is 14.4 Å². The minimum atomic E-state index is -0.434. The van der Waals surface area contributed by atoms with E-state index >= 15 is 0 Å². The molecule has 0 N–H and O–H groups in total. The van der Waals surface area contributed by atoms with Gasteiger partial charge >= 0.3 is 6.09 Å². The number of nitrogens with zero attached hydrogens (tertiary/aromatic N) is 2. The van der Waals surface area contributed by atoms with Gasteiger partial charge in [-0.05, 0) is 30.3 Å². The molecule has 0 spiro atoms. The van der Waals surface area contributed by atoms with Crippen LogP contribution in [-0.2, 0) is 9.57 Å². The Hall–Kier alpha value is -3.22. The molecule has 0 saturated carbocycles. The summed E-state index contributed by atoms with van der Waals surface area (Å²) in [6, 6.07) is 15.0. The maximum atomic E-state index is 12.2. The lowest BCUT2D eigenvalue weighted by molar-refractivity contribution is 0.0884. The monoisotopic (exact) mass is 354 g/mol. The molecule has 26 heavy (non-hydrogen) atoms. The van der Waals surface area contributed by atoms with Gasteiger partial charge in [0.2, 0.25) is 6.79 Å². The van der Waals surface area contributed by atoms with Crippen molar-refractivity contribution in [2.24, 2.45) is 5.16 Å². The Morgan fingerprint density at radius 1 is 1.19 bits per heavy atom. The molecule has 7 heteroatoms. The molecule has 0 radical (unpaired) electrons. The lowest BCUT2D eigenvalue weighted by Crippen LogP contribution is -2.37. The van der Waals surface area contributed by atoms with Gasteiger partial charge in [-0.2, -0.15) is 0 Å². The lowest BCUT2D eigenvalue weighted by Gasteiger charge is -2.23. The van der Waals surface area contributed by atoms with Crippen molar-refractivity contribution in [2.75, 3.05) is 25.3 Å². The van der Waals surface area contributed by atoms with Gasteiger partial charge in [0, 0.05) is 17.7 Å². The molecule has 4 rings (SSSR count). The van der Waals surface area contributed by atoms with Crippen LogP contribution in [0.3, 0.4) is 0 Å². The third-order valence-corrected chi connectivity index (χ3v) is 4.29. The molecule has 1 atom stereocenters. The number of anilines is 1. The summed E-state index contributed by atoms with van der Waals surface area (Å²) in [6.07, 6.45) is -0.106. The highest BCUT2D eigenvalue weighted by Crippen LogP contribution is 2.33. The summed E-state index contributed by atoms with van der Waals surface area (Å²) in [4.78, 5) is 19.3. The number of hydrogen-bond donors (Lipinski definition) is 0. The van der Waals surface area contributed by atoms with Crippen LogP contribution in [0.2, 0.25) is 0 Å². The number of rotatable bonds is 4. The van der Waals surface area contributed by atoms with Crippen LogP contribution >= 0.6 is 0 Å². The summed E-state index contributed by atoms with van der Waals surface area (Å²) in [5.74, 6) is 1.43. The summed E-state index contributed by atoms with van der Waals surface area (Å²) >= 11 is 0. The first kappa shape index (κ1) is 16.3. The van der Waals surface area contributed by atoms with E-state index in [1.54, 1.807) is 4.90 Å². The molecule has 2 aliphatic heterocycles. The van der Waals surface area contributed by atoms with Crippen molar-refractivity contribution in [3.05, 3.63) is 54.1 Å². The van der Waals surface area contributed by atoms with Gasteiger partial charge in [-0.25, -0.2) is 4.79 Å². The highest BCUT2D eigenvalue weighted by Gasteiger charge is 2.28. The van der Waals surface area contributed by atoms with Gasteiger partial charge in [-0.3, -0.25) is 4.90 Å². The van der Waals surface area contributed by atoms with Gasteiger partial charge < -0.3 is 19.0 Å². The smallest absolute Gasteiger partial charge is 0.414 e. The standard InChI is InChI=1S/C19H18N2O5/c1-23-19(22)21(14-5-3-2-4-6-14)11-15-10-16(20-26-15)13-7-8-17-18(9-13)25-12-24-17/h2-9,15H,10-12H2,1H3. The first-order valence-electron chi connectivity index (χ1n) is 8.28. The average molecular weight is 354 g/mol. The maximum absolute atomic E-state index is 12.2. The summed E-state index contributed by atoms with van der Waals surface area (Å²) in [7, 11) is 1.36. The molecule has 1 unspecified atom stereocenters. The zero-order valence-electron chi connectivity index (χ0n) is 14.3. The van der Waals surface area contributed by atoms with E-state index in [0.29, 0.717) is 18.7 Å². The normalized spacial score (nSPS) is 17.4. The Morgan fingerprint density at radius 2 is 2.00 bits per heavy atom. The zero-order chi connectivity index (χ0) is 17.9. The third-order valence-electron chi connectivity index (χ3n) is 4.29. The number of methoxy groups -OCH3 is 1. The zero-order valence-corrected chi connectivity index (χ0v) is 14.3. The van der Waals surface area contributed by atoms with E-state index in [-0.39, 0.29) is 12.9 Å². The second kappa shape index (κ2) is 6.95. The molecular formula is C19H18N2O5. The van der Waals surface area contributed by atoms with Crippen molar-refractivity contribution in [1.82, 2.24) is 0 Å². The molecular weight excluding hydrogens is 336 g/mol. The van der Waals surface area contributed by atoms with Gasteiger partial charge in [-0.15, -0.1) is 0 Å². The van der Waals surface area contributed by atoms with Crippen molar-refractivity contribution in [1.29, 1.82) is 0 Å². The van der Waals surface area contributed by atoms with E-state index in [9.17, 15) is 4.79 Å². The molecule has 134 valence electrons. The predicted octanol–water partition coefficient (Wildman–Crippen LogP) is 3.18. The molecule has 2 aromatic carbocycles. The number of amides is 1. The van der Waals surface area contributed by atoms with Crippen LogP contribution in [-0.4, -0.2) is 38.4 Å². The van der Waals surface area contributed by atoms with Crippen molar-refractivity contribution < 1.29 is 23.8 Å². The summed E-state index contributed by atoms with van der Waals surface area (Å²) < 4.78 is 15.6. The van der Waals surface area contributed by atoms with E-state index in [4.69, 9.17) is 19.0 Å². The molecule has 1 amide bonds. The molecule has 2 heterocycles. The molecule has 2 aliphatic rings. The van der Waals surface area contributed by atoms with Crippen LogP contribution in [0.25, 0.3) is 0 Å². The lowest BCUT2D eigenvalue weighted by atomic mass is 10.0. The van der Waals surface area contributed by atoms with E-state index < -0.39 is 6.09 Å². The average Bonchev–Trinajstić information content (AvgIpc) is 3.34. The third kappa shape index (κ3) is 3.15. The number of fused-ring (bicyclic) bond motifs is 1. The minimum Gasteiger partial charge on any atom is -0.454 e. The largest absolute Gasteiger partial charge is 0.454 e. The number of ether oxygens (including phenoxy) is 3. The Morgan fingerprint density at radius 3 is 2.81 bits per heavy atom. The molecule has 0 aromatic heterocycles.